The fourth-order valence-electron chi connectivity index (χ4n) is 2.73. The molecule has 0 radical (unpaired) electrons. The molecule has 1 aliphatic rings. The Morgan fingerprint density at radius 1 is 1.42 bits per heavy atom. The molecule has 1 aromatic carbocycles. The number of likely N-dealkylation sites (N-methyl/N-ethyl adjacent to an activating group) is 1. The predicted octanol–water partition coefficient (Wildman–Crippen LogP) is 1.78. The lowest BCUT2D eigenvalue weighted by atomic mass is 10.1. The number of hydrogen-bond acceptors (Lipinski definition) is 3. The van der Waals surface area contributed by atoms with Gasteiger partial charge < -0.3 is 14.2 Å². The van der Waals surface area contributed by atoms with Crippen LogP contribution in [0.25, 0.3) is 10.9 Å². The molecule has 0 amide bonds. The zero-order chi connectivity index (χ0) is 13.2. The molecule has 1 atom stereocenters. The van der Waals surface area contributed by atoms with Gasteiger partial charge >= 0.3 is 0 Å². The topological polar surface area (TPSA) is 34.5 Å². The second-order valence-electron chi connectivity index (χ2n) is 5.13. The first-order valence-electron chi connectivity index (χ1n) is 6.61. The van der Waals surface area contributed by atoms with Crippen LogP contribution in [-0.4, -0.2) is 48.6 Å². The molecule has 0 N–H and O–H groups in total. The maximum atomic E-state index is 11.2. The standard InChI is InChI=1S/C15H18N2O2/c1-16-7-8-19-14(9-16)10-17-6-5-12-3-2-4-13(11-18)15(12)17/h2-6,11,14H,7-10H2,1H3. The second-order valence-corrected chi connectivity index (χ2v) is 5.13. The van der Waals surface area contributed by atoms with Crippen molar-refractivity contribution in [2.75, 3.05) is 26.7 Å². The first-order chi connectivity index (χ1) is 9.28. The highest BCUT2D eigenvalue weighted by atomic mass is 16.5. The van der Waals surface area contributed by atoms with Crippen molar-refractivity contribution < 1.29 is 9.53 Å². The normalized spacial score (nSPS) is 20.8. The van der Waals surface area contributed by atoms with Gasteiger partial charge in [-0.1, -0.05) is 12.1 Å². The number of hydrogen-bond donors (Lipinski definition) is 0. The Morgan fingerprint density at radius 2 is 2.32 bits per heavy atom. The highest BCUT2D eigenvalue weighted by molar-refractivity contribution is 5.96. The van der Waals surface area contributed by atoms with Gasteiger partial charge in [-0.25, -0.2) is 0 Å². The van der Waals surface area contributed by atoms with Crippen molar-refractivity contribution in [2.45, 2.75) is 12.6 Å². The summed E-state index contributed by atoms with van der Waals surface area (Å²) in [7, 11) is 2.11. The summed E-state index contributed by atoms with van der Waals surface area (Å²) in [6.45, 7) is 3.49. The Morgan fingerprint density at radius 3 is 3.11 bits per heavy atom. The maximum absolute atomic E-state index is 11.2. The molecule has 0 spiro atoms. The monoisotopic (exact) mass is 258 g/mol. The molecule has 19 heavy (non-hydrogen) atoms. The number of ether oxygens (including phenoxy) is 1. The third-order valence-electron chi connectivity index (χ3n) is 3.69. The lowest BCUT2D eigenvalue weighted by molar-refractivity contribution is -0.0269. The number of fused-ring (bicyclic) bond motifs is 1. The lowest BCUT2D eigenvalue weighted by Crippen LogP contribution is -2.41. The Balaban J connectivity index is 1.90. The van der Waals surface area contributed by atoms with Crippen molar-refractivity contribution in [3.8, 4) is 0 Å². The number of para-hydroxylation sites is 1. The minimum Gasteiger partial charge on any atom is -0.374 e. The molecule has 2 heterocycles. The van der Waals surface area contributed by atoms with E-state index >= 15 is 0 Å². The molecule has 1 unspecified atom stereocenters. The number of carbonyl (C=O) groups excluding carboxylic acids is 1. The fraction of sp³-hybridized carbons (Fsp3) is 0.400. The van der Waals surface area contributed by atoms with Crippen LogP contribution in [0.3, 0.4) is 0 Å². The van der Waals surface area contributed by atoms with E-state index in [0.29, 0.717) is 0 Å². The van der Waals surface area contributed by atoms with Gasteiger partial charge in [-0.2, -0.15) is 0 Å². The minimum atomic E-state index is 0.189. The first-order valence-corrected chi connectivity index (χ1v) is 6.61. The average molecular weight is 258 g/mol. The smallest absolute Gasteiger partial charge is 0.152 e. The number of aldehydes is 1. The van der Waals surface area contributed by atoms with E-state index in [1.54, 1.807) is 0 Å². The summed E-state index contributed by atoms with van der Waals surface area (Å²) in [4.78, 5) is 13.4. The van der Waals surface area contributed by atoms with Crippen molar-refractivity contribution >= 4 is 17.2 Å². The van der Waals surface area contributed by atoms with E-state index in [0.717, 1.165) is 49.0 Å². The summed E-state index contributed by atoms with van der Waals surface area (Å²) in [5, 5.41) is 1.11. The van der Waals surface area contributed by atoms with E-state index in [1.165, 1.54) is 0 Å². The van der Waals surface area contributed by atoms with E-state index in [-0.39, 0.29) is 6.10 Å². The van der Waals surface area contributed by atoms with Crippen LogP contribution in [-0.2, 0) is 11.3 Å². The van der Waals surface area contributed by atoms with Crippen molar-refractivity contribution in [3.05, 3.63) is 36.0 Å². The van der Waals surface area contributed by atoms with Gasteiger partial charge in [0, 0.05) is 30.2 Å². The van der Waals surface area contributed by atoms with Crippen molar-refractivity contribution in [3.63, 3.8) is 0 Å². The van der Waals surface area contributed by atoms with Crippen LogP contribution in [0.2, 0.25) is 0 Å². The van der Waals surface area contributed by atoms with E-state index in [9.17, 15) is 4.79 Å². The molecule has 4 heteroatoms. The largest absolute Gasteiger partial charge is 0.374 e. The van der Waals surface area contributed by atoms with Gasteiger partial charge in [0.1, 0.15) is 0 Å². The summed E-state index contributed by atoms with van der Waals surface area (Å²) < 4.78 is 7.92. The van der Waals surface area contributed by atoms with Gasteiger partial charge in [-0.05, 0) is 19.2 Å². The number of aromatic nitrogens is 1. The molecule has 0 bridgehead atoms. The zero-order valence-electron chi connectivity index (χ0n) is 11.1. The van der Waals surface area contributed by atoms with Crippen LogP contribution >= 0.6 is 0 Å². The number of benzene rings is 1. The molecule has 0 aliphatic carbocycles. The molecule has 0 saturated carbocycles. The third-order valence-corrected chi connectivity index (χ3v) is 3.69. The van der Waals surface area contributed by atoms with E-state index in [2.05, 4.69) is 22.6 Å². The SMILES string of the molecule is CN1CCOC(Cn2ccc3cccc(C=O)c32)C1. The fourth-order valence-corrected chi connectivity index (χ4v) is 2.73. The Kier molecular flexibility index (Phi) is 3.36. The highest BCUT2D eigenvalue weighted by Crippen LogP contribution is 2.20. The maximum Gasteiger partial charge on any atom is 0.152 e. The number of nitrogens with zero attached hydrogens (tertiary/aromatic N) is 2. The van der Waals surface area contributed by atoms with Crippen molar-refractivity contribution in [1.82, 2.24) is 9.47 Å². The van der Waals surface area contributed by atoms with Gasteiger partial charge in [0.15, 0.2) is 6.29 Å². The minimum absolute atomic E-state index is 0.189. The van der Waals surface area contributed by atoms with Gasteiger partial charge in [0.05, 0.1) is 24.8 Å². The van der Waals surface area contributed by atoms with Crippen LogP contribution in [0.15, 0.2) is 30.5 Å². The summed E-state index contributed by atoms with van der Waals surface area (Å²) in [5.74, 6) is 0. The number of morpholine rings is 1. The summed E-state index contributed by atoms with van der Waals surface area (Å²) in [5.41, 5.74) is 1.75. The van der Waals surface area contributed by atoms with Gasteiger partial charge in [0.25, 0.3) is 0 Å². The molecule has 100 valence electrons. The van der Waals surface area contributed by atoms with Crippen LogP contribution in [0.5, 0.6) is 0 Å². The van der Waals surface area contributed by atoms with E-state index in [1.807, 2.05) is 24.4 Å². The number of carbonyl (C=O) groups is 1. The molecular weight excluding hydrogens is 240 g/mol. The van der Waals surface area contributed by atoms with Crippen LogP contribution in [0.1, 0.15) is 10.4 Å². The lowest BCUT2D eigenvalue weighted by Gasteiger charge is -2.30. The molecule has 1 fully saturated rings. The second kappa shape index (κ2) is 5.15. The van der Waals surface area contributed by atoms with Crippen LogP contribution < -0.4 is 0 Å². The van der Waals surface area contributed by atoms with Gasteiger partial charge in [-0.3, -0.25) is 4.79 Å². The Labute approximate surface area is 112 Å². The predicted molar refractivity (Wildman–Crippen MR) is 74.6 cm³/mol. The highest BCUT2D eigenvalue weighted by Gasteiger charge is 2.19. The molecule has 2 aromatic rings. The average Bonchev–Trinajstić information content (AvgIpc) is 2.82. The van der Waals surface area contributed by atoms with E-state index in [4.69, 9.17) is 4.74 Å². The van der Waals surface area contributed by atoms with Gasteiger partial charge in [-0.15, -0.1) is 0 Å². The molecule has 3 rings (SSSR count). The molecular formula is C15H18N2O2. The molecule has 1 saturated heterocycles. The third kappa shape index (κ3) is 2.41. The summed E-state index contributed by atoms with van der Waals surface area (Å²) in [6, 6.07) is 7.86. The van der Waals surface area contributed by atoms with Crippen molar-refractivity contribution in [1.29, 1.82) is 0 Å². The zero-order valence-corrected chi connectivity index (χ0v) is 11.1. The van der Waals surface area contributed by atoms with Crippen LogP contribution in [0, 0.1) is 0 Å². The number of rotatable bonds is 3. The molecule has 1 aliphatic heterocycles. The summed E-state index contributed by atoms with van der Waals surface area (Å²) in [6.07, 6.45) is 3.15. The summed E-state index contributed by atoms with van der Waals surface area (Å²) >= 11 is 0. The first kappa shape index (κ1) is 12.4. The Bertz CT molecular complexity index is 591. The molecule has 4 nitrogen and oxygen atoms in total. The van der Waals surface area contributed by atoms with Crippen molar-refractivity contribution in [2.24, 2.45) is 0 Å². The van der Waals surface area contributed by atoms with E-state index < -0.39 is 0 Å². The van der Waals surface area contributed by atoms with Crippen LogP contribution in [0.4, 0.5) is 0 Å². The molecule has 1 aromatic heterocycles. The quantitative estimate of drug-likeness (QED) is 0.787. The van der Waals surface area contributed by atoms with Gasteiger partial charge in [0.2, 0.25) is 0 Å². The Hall–Kier alpha value is -1.65.